The van der Waals surface area contributed by atoms with E-state index in [4.69, 9.17) is 5.10 Å². The van der Waals surface area contributed by atoms with Gasteiger partial charge in [0.1, 0.15) is 5.66 Å². The van der Waals surface area contributed by atoms with Crippen molar-refractivity contribution in [2.24, 2.45) is 0 Å². The average molecular weight is 400 g/mol. The summed E-state index contributed by atoms with van der Waals surface area (Å²) in [6, 6.07) is 15.5. The van der Waals surface area contributed by atoms with Gasteiger partial charge in [0.2, 0.25) is 5.91 Å². The zero-order valence-corrected chi connectivity index (χ0v) is 17.4. The summed E-state index contributed by atoms with van der Waals surface area (Å²) in [5.74, 6) is 1.00. The number of hydrogen-bond acceptors (Lipinski definition) is 4. The number of fused-ring (bicyclic) bond motifs is 6. The van der Waals surface area contributed by atoms with Crippen LogP contribution in [0, 0.1) is 0 Å². The zero-order valence-electron chi connectivity index (χ0n) is 17.4. The number of amides is 1. The van der Waals surface area contributed by atoms with Crippen LogP contribution in [-0.2, 0) is 10.5 Å². The molecule has 2 aliphatic heterocycles. The van der Waals surface area contributed by atoms with E-state index in [0.717, 1.165) is 29.7 Å². The van der Waals surface area contributed by atoms with Gasteiger partial charge in [0, 0.05) is 17.5 Å². The van der Waals surface area contributed by atoms with Gasteiger partial charge in [0.05, 0.1) is 5.69 Å². The molecule has 152 valence electrons. The summed E-state index contributed by atoms with van der Waals surface area (Å²) in [6.45, 7) is 6.28. The van der Waals surface area contributed by atoms with Crippen molar-refractivity contribution in [2.75, 3.05) is 4.90 Å². The molecule has 1 aromatic heterocycles. The van der Waals surface area contributed by atoms with Crippen molar-refractivity contribution in [1.82, 2.24) is 14.8 Å². The van der Waals surface area contributed by atoms with E-state index in [-0.39, 0.29) is 11.5 Å². The van der Waals surface area contributed by atoms with Gasteiger partial charge in [-0.05, 0) is 43.4 Å². The molecular weight excluding hydrogens is 376 g/mol. The fourth-order valence-electron chi connectivity index (χ4n) is 4.62. The second kappa shape index (κ2) is 6.62. The largest absolute Gasteiger partial charge is 0.300 e. The molecule has 0 aliphatic carbocycles. The second-order valence-corrected chi connectivity index (χ2v) is 8.59. The Morgan fingerprint density at radius 2 is 1.77 bits per heavy atom. The summed E-state index contributed by atoms with van der Waals surface area (Å²) in [5, 5.41) is 4.79. The number of aromatic nitrogens is 3. The van der Waals surface area contributed by atoms with Gasteiger partial charge in [-0.3, -0.25) is 14.5 Å². The van der Waals surface area contributed by atoms with E-state index in [0.29, 0.717) is 23.9 Å². The molecule has 2 aliphatic rings. The summed E-state index contributed by atoms with van der Waals surface area (Å²) in [7, 11) is 0. The molecule has 1 amide bonds. The van der Waals surface area contributed by atoms with Crippen LogP contribution in [0.5, 0.6) is 0 Å². The summed E-state index contributed by atoms with van der Waals surface area (Å²) < 4.78 is 1.79. The Labute approximate surface area is 175 Å². The number of para-hydroxylation sites is 1. The Kier molecular flexibility index (Phi) is 4.13. The standard InChI is InChI=1S/C24H24N4O2/c1-15(2)16-10-12-17(13-11-16)21-23(30)25-22-18-7-4-5-8-19(18)27-20(29)9-6-14-24(27,3)28(22)26-21/h4-5,7-8,10-13,15H,6,9,14H2,1-3H3. The lowest BCUT2D eigenvalue weighted by molar-refractivity contribution is -0.122. The Balaban J connectivity index is 1.75. The minimum absolute atomic E-state index is 0.0742. The second-order valence-electron chi connectivity index (χ2n) is 8.59. The summed E-state index contributed by atoms with van der Waals surface area (Å²) in [6.07, 6.45) is 2.04. The van der Waals surface area contributed by atoms with Crippen molar-refractivity contribution in [3.63, 3.8) is 0 Å². The molecule has 0 bridgehead atoms. The molecule has 0 spiro atoms. The molecular formula is C24H24N4O2. The summed E-state index contributed by atoms with van der Waals surface area (Å²) in [5.41, 5.74) is 2.77. The van der Waals surface area contributed by atoms with Crippen molar-refractivity contribution in [1.29, 1.82) is 0 Å². The number of nitrogens with zero attached hydrogens (tertiary/aromatic N) is 4. The predicted molar refractivity (Wildman–Crippen MR) is 116 cm³/mol. The lowest BCUT2D eigenvalue weighted by atomic mass is 9.91. The number of hydrogen-bond donors (Lipinski definition) is 0. The lowest BCUT2D eigenvalue weighted by Gasteiger charge is -2.49. The van der Waals surface area contributed by atoms with Crippen LogP contribution in [0.1, 0.15) is 51.5 Å². The maximum atomic E-state index is 13.0. The van der Waals surface area contributed by atoms with E-state index < -0.39 is 5.66 Å². The molecule has 3 heterocycles. The molecule has 6 heteroatoms. The summed E-state index contributed by atoms with van der Waals surface area (Å²) in [4.78, 5) is 32.2. The number of carbonyl (C=O) groups excluding carboxylic acids is 1. The topological polar surface area (TPSA) is 68.1 Å². The summed E-state index contributed by atoms with van der Waals surface area (Å²) >= 11 is 0. The van der Waals surface area contributed by atoms with Gasteiger partial charge in [0.25, 0.3) is 5.56 Å². The van der Waals surface area contributed by atoms with Gasteiger partial charge in [0.15, 0.2) is 11.5 Å². The third kappa shape index (κ3) is 2.63. The fourth-order valence-corrected chi connectivity index (χ4v) is 4.62. The van der Waals surface area contributed by atoms with Gasteiger partial charge >= 0.3 is 0 Å². The van der Waals surface area contributed by atoms with Crippen LogP contribution in [0.3, 0.4) is 0 Å². The van der Waals surface area contributed by atoms with Crippen LogP contribution < -0.4 is 10.5 Å². The first-order valence-electron chi connectivity index (χ1n) is 10.4. The number of carbonyl (C=O) groups is 1. The Bertz CT molecular complexity index is 1210. The molecule has 0 saturated carbocycles. The highest BCUT2D eigenvalue weighted by Gasteiger charge is 2.47. The maximum absolute atomic E-state index is 13.0. The van der Waals surface area contributed by atoms with Crippen molar-refractivity contribution in [2.45, 2.75) is 51.6 Å². The minimum atomic E-state index is -0.688. The fraction of sp³-hybridized carbons (Fsp3) is 0.333. The van der Waals surface area contributed by atoms with Crippen LogP contribution >= 0.6 is 0 Å². The maximum Gasteiger partial charge on any atom is 0.300 e. The molecule has 1 saturated heterocycles. The molecule has 1 fully saturated rings. The first-order chi connectivity index (χ1) is 14.4. The molecule has 3 aromatic rings. The molecule has 0 N–H and O–H groups in total. The van der Waals surface area contributed by atoms with Crippen LogP contribution in [0.2, 0.25) is 0 Å². The van der Waals surface area contributed by atoms with E-state index in [1.807, 2.05) is 60.4 Å². The number of piperidine rings is 1. The van der Waals surface area contributed by atoms with Crippen molar-refractivity contribution in [3.8, 4) is 22.6 Å². The third-order valence-corrected chi connectivity index (χ3v) is 6.28. The Hall–Kier alpha value is -3.28. The molecule has 1 atom stereocenters. The molecule has 6 nitrogen and oxygen atoms in total. The SMILES string of the molecule is CC(C)c1ccc(-c2nn3c(nc2=O)-c2ccccc2N2C(=O)CCCC23C)cc1. The van der Waals surface area contributed by atoms with Gasteiger partial charge < -0.3 is 0 Å². The van der Waals surface area contributed by atoms with Crippen LogP contribution in [0.25, 0.3) is 22.6 Å². The minimum Gasteiger partial charge on any atom is -0.286 e. The van der Waals surface area contributed by atoms with Crippen LogP contribution in [0.4, 0.5) is 5.69 Å². The molecule has 0 radical (unpaired) electrons. The Morgan fingerprint density at radius 3 is 2.50 bits per heavy atom. The zero-order chi connectivity index (χ0) is 21.0. The normalized spacial score (nSPS) is 20.0. The van der Waals surface area contributed by atoms with E-state index >= 15 is 0 Å². The smallest absolute Gasteiger partial charge is 0.286 e. The molecule has 2 aromatic carbocycles. The van der Waals surface area contributed by atoms with E-state index in [9.17, 15) is 9.59 Å². The molecule has 30 heavy (non-hydrogen) atoms. The quantitative estimate of drug-likeness (QED) is 0.643. The number of anilines is 1. The third-order valence-electron chi connectivity index (χ3n) is 6.28. The highest BCUT2D eigenvalue weighted by Crippen LogP contribution is 2.46. The van der Waals surface area contributed by atoms with E-state index in [2.05, 4.69) is 18.8 Å². The van der Waals surface area contributed by atoms with Gasteiger partial charge in [-0.1, -0.05) is 50.2 Å². The molecule has 1 unspecified atom stereocenters. The van der Waals surface area contributed by atoms with E-state index in [1.165, 1.54) is 5.56 Å². The Morgan fingerprint density at radius 1 is 1.03 bits per heavy atom. The number of rotatable bonds is 2. The van der Waals surface area contributed by atoms with Crippen LogP contribution in [0.15, 0.2) is 53.3 Å². The number of benzene rings is 2. The lowest BCUT2D eigenvalue weighted by Crippen LogP contribution is -2.58. The van der Waals surface area contributed by atoms with Gasteiger partial charge in [-0.25, -0.2) is 4.68 Å². The first-order valence-corrected chi connectivity index (χ1v) is 10.4. The van der Waals surface area contributed by atoms with E-state index in [1.54, 1.807) is 4.68 Å². The first kappa shape index (κ1) is 18.7. The van der Waals surface area contributed by atoms with Gasteiger partial charge in [-0.2, -0.15) is 10.1 Å². The van der Waals surface area contributed by atoms with Crippen molar-refractivity contribution >= 4 is 11.6 Å². The highest BCUT2D eigenvalue weighted by atomic mass is 16.2. The average Bonchev–Trinajstić information content (AvgIpc) is 2.73. The predicted octanol–water partition coefficient (Wildman–Crippen LogP) is 4.30. The monoisotopic (exact) mass is 400 g/mol. The molecule has 5 rings (SSSR count). The van der Waals surface area contributed by atoms with Crippen molar-refractivity contribution < 1.29 is 4.79 Å². The van der Waals surface area contributed by atoms with Gasteiger partial charge in [-0.15, -0.1) is 0 Å². The van der Waals surface area contributed by atoms with Crippen molar-refractivity contribution in [3.05, 3.63) is 64.4 Å². The highest BCUT2D eigenvalue weighted by molar-refractivity contribution is 6.00. The van der Waals surface area contributed by atoms with Crippen LogP contribution in [-0.4, -0.2) is 20.7 Å².